The summed E-state index contributed by atoms with van der Waals surface area (Å²) < 4.78 is 6.03. The number of hydrogen-bond donors (Lipinski definition) is 1. The number of nitrogens with two attached hydrogens (primary N) is 1. The molecule has 0 aliphatic carbocycles. The molecule has 2 unspecified atom stereocenters. The molecule has 0 fully saturated rings. The first-order chi connectivity index (χ1) is 7.61. The van der Waals surface area contributed by atoms with E-state index in [0.717, 1.165) is 18.6 Å². The van der Waals surface area contributed by atoms with Crippen LogP contribution in [-0.2, 0) is 0 Å². The van der Waals surface area contributed by atoms with Crippen LogP contribution in [-0.4, -0.2) is 6.10 Å². The first-order valence-corrected chi connectivity index (χ1v) is 6.14. The highest BCUT2D eigenvalue weighted by atomic mass is 16.5. The van der Waals surface area contributed by atoms with Gasteiger partial charge in [0.2, 0.25) is 0 Å². The molecule has 0 spiro atoms. The van der Waals surface area contributed by atoms with Gasteiger partial charge in [0.25, 0.3) is 0 Å². The van der Waals surface area contributed by atoms with Crippen molar-refractivity contribution in [2.24, 2.45) is 11.7 Å². The number of hydrogen-bond acceptors (Lipinski definition) is 2. The molecule has 1 aromatic rings. The van der Waals surface area contributed by atoms with Crippen LogP contribution in [0.25, 0.3) is 0 Å². The Morgan fingerprint density at radius 2 is 2.25 bits per heavy atom. The maximum atomic E-state index is 6.22. The van der Waals surface area contributed by atoms with E-state index in [1.165, 1.54) is 11.1 Å². The molecule has 16 heavy (non-hydrogen) atoms. The van der Waals surface area contributed by atoms with Crippen molar-refractivity contribution >= 4 is 0 Å². The minimum absolute atomic E-state index is 0.127. The molecular weight excluding hydrogens is 198 g/mol. The van der Waals surface area contributed by atoms with Crippen LogP contribution in [0.3, 0.4) is 0 Å². The number of aryl methyl sites for hydroxylation is 1. The van der Waals surface area contributed by atoms with Crippen LogP contribution in [0.15, 0.2) is 18.2 Å². The quantitative estimate of drug-likeness (QED) is 0.829. The molecule has 1 heterocycles. The average molecular weight is 219 g/mol. The molecular formula is C14H21NO. The summed E-state index contributed by atoms with van der Waals surface area (Å²) in [6, 6.07) is 6.42. The SMILES string of the molecule is CCC(C)C1C[C@@H](N)c2cc(C)ccc2O1. The van der Waals surface area contributed by atoms with Crippen LogP contribution >= 0.6 is 0 Å². The fraction of sp³-hybridized carbons (Fsp3) is 0.571. The summed E-state index contributed by atoms with van der Waals surface area (Å²) >= 11 is 0. The fourth-order valence-corrected chi connectivity index (χ4v) is 2.26. The lowest BCUT2D eigenvalue weighted by atomic mass is 9.89. The molecule has 2 heteroatoms. The summed E-state index contributed by atoms with van der Waals surface area (Å²) in [5, 5.41) is 0. The molecule has 2 N–H and O–H groups in total. The van der Waals surface area contributed by atoms with Gasteiger partial charge < -0.3 is 10.5 Å². The van der Waals surface area contributed by atoms with Crippen LogP contribution in [0.2, 0.25) is 0 Å². The number of ether oxygens (including phenoxy) is 1. The highest BCUT2D eigenvalue weighted by Crippen LogP contribution is 2.36. The molecule has 88 valence electrons. The van der Waals surface area contributed by atoms with Crippen LogP contribution in [0.1, 0.15) is 43.9 Å². The molecule has 0 radical (unpaired) electrons. The van der Waals surface area contributed by atoms with Gasteiger partial charge in [-0.1, -0.05) is 38.0 Å². The van der Waals surface area contributed by atoms with E-state index in [1.54, 1.807) is 0 Å². The Bertz CT molecular complexity index is 375. The van der Waals surface area contributed by atoms with E-state index in [9.17, 15) is 0 Å². The molecule has 1 aliphatic rings. The van der Waals surface area contributed by atoms with Crippen molar-refractivity contribution in [2.75, 3.05) is 0 Å². The van der Waals surface area contributed by atoms with Gasteiger partial charge in [-0.25, -0.2) is 0 Å². The third kappa shape index (κ3) is 2.07. The number of rotatable bonds is 2. The standard InChI is InChI=1S/C14H21NO/c1-4-10(3)14-8-12(15)11-7-9(2)5-6-13(11)16-14/h5-7,10,12,14H,4,8,15H2,1-3H3/t10?,12-,14?/m1/s1. The first kappa shape index (κ1) is 11.5. The van der Waals surface area contributed by atoms with E-state index < -0.39 is 0 Å². The molecule has 0 bridgehead atoms. The largest absolute Gasteiger partial charge is 0.490 e. The van der Waals surface area contributed by atoms with E-state index in [2.05, 4.69) is 39.0 Å². The van der Waals surface area contributed by atoms with E-state index in [4.69, 9.17) is 10.5 Å². The van der Waals surface area contributed by atoms with E-state index >= 15 is 0 Å². The minimum atomic E-state index is 0.127. The van der Waals surface area contributed by atoms with Crippen molar-refractivity contribution in [3.8, 4) is 5.75 Å². The van der Waals surface area contributed by atoms with Gasteiger partial charge in [-0.05, 0) is 18.9 Å². The Morgan fingerprint density at radius 1 is 1.50 bits per heavy atom. The normalized spacial score (nSPS) is 25.8. The lowest BCUT2D eigenvalue weighted by Gasteiger charge is -2.33. The van der Waals surface area contributed by atoms with Crippen molar-refractivity contribution in [3.05, 3.63) is 29.3 Å². The zero-order valence-electron chi connectivity index (χ0n) is 10.4. The summed E-state index contributed by atoms with van der Waals surface area (Å²) in [6.45, 7) is 6.52. The molecule has 3 atom stereocenters. The Hall–Kier alpha value is -1.02. The summed E-state index contributed by atoms with van der Waals surface area (Å²) in [7, 11) is 0. The Balaban J connectivity index is 2.26. The predicted molar refractivity (Wildman–Crippen MR) is 66.6 cm³/mol. The minimum Gasteiger partial charge on any atom is -0.490 e. The van der Waals surface area contributed by atoms with Gasteiger partial charge in [0, 0.05) is 18.0 Å². The number of fused-ring (bicyclic) bond motifs is 1. The lowest BCUT2D eigenvalue weighted by Crippen LogP contribution is -2.34. The third-order valence-electron chi connectivity index (χ3n) is 3.61. The topological polar surface area (TPSA) is 35.2 Å². The highest BCUT2D eigenvalue weighted by Gasteiger charge is 2.28. The summed E-state index contributed by atoms with van der Waals surface area (Å²) in [5.41, 5.74) is 8.63. The summed E-state index contributed by atoms with van der Waals surface area (Å²) in [6.07, 6.45) is 2.35. The molecule has 1 aromatic carbocycles. The van der Waals surface area contributed by atoms with Crippen molar-refractivity contribution in [1.82, 2.24) is 0 Å². The lowest BCUT2D eigenvalue weighted by molar-refractivity contribution is 0.105. The van der Waals surface area contributed by atoms with Crippen molar-refractivity contribution in [3.63, 3.8) is 0 Å². The Kier molecular flexibility index (Phi) is 3.20. The van der Waals surface area contributed by atoms with Crippen molar-refractivity contribution < 1.29 is 4.74 Å². The van der Waals surface area contributed by atoms with Crippen LogP contribution in [0.4, 0.5) is 0 Å². The first-order valence-electron chi connectivity index (χ1n) is 6.14. The van der Waals surface area contributed by atoms with Crippen LogP contribution in [0, 0.1) is 12.8 Å². The Labute approximate surface area is 97.8 Å². The monoisotopic (exact) mass is 219 g/mol. The van der Waals surface area contributed by atoms with Crippen molar-refractivity contribution in [1.29, 1.82) is 0 Å². The zero-order valence-corrected chi connectivity index (χ0v) is 10.4. The smallest absolute Gasteiger partial charge is 0.124 e. The van der Waals surface area contributed by atoms with Gasteiger partial charge in [0.15, 0.2) is 0 Å². The zero-order chi connectivity index (χ0) is 11.7. The van der Waals surface area contributed by atoms with Crippen molar-refractivity contribution in [2.45, 2.75) is 45.8 Å². The van der Waals surface area contributed by atoms with Gasteiger partial charge in [-0.3, -0.25) is 0 Å². The summed E-state index contributed by atoms with van der Waals surface area (Å²) in [5.74, 6) is 1.55. The molecule has 1 aliphatic heterocycles. The third-order valence-corrected chi connectivity index (χ3v) is 3.61. The maximum absolute atomic E-state index is 6.22. The van der Waals surface area contributed by atoms with Crippen LogP contribution in [0.5, 0.6) is 5.75 Å². The second kappa shape index (κ2) is 4.46. The molecule has 0 aromatic heterocycles. The van der Waals surface area contributed by atoms with E-state index in [-0.39, 0.29) is 12.1 Å². The van der Waals surface area contributed by atoms with E-state index in [0.29, 0.717) is 5.92 Å². The molecule has 0 saturated carbocycles. The summed E-state index contributed by atoms with van der Waals surface area (Å²) in [4.78, 5) is 0. The number of benzene rings is 1. The molecule has 0 amide bonds. The molecule has 2 nitrogen and oxygen atoms in total. The Morgan fingerprint density at radius 3 is 2.94 bits per heavy atom. The maximum Gasteiger partial charge on any atom is 0.124 e. The van der Waals surface area contributed by atoms with Gasteiger partial charge in [-0.15, -0.1) is 0 Å². The van der Waals surface area contributed by atoms with Gasteiger partial charge >= 0.3 is 0 Å². The second-order valence-electron chi connectivity index (χ2n) is 4.93. The van der Waals surface area contributed by atoms with Gasteiger partial charge in [-0.2, -0.15) is 0 Å². The molecule has 2 rings (SSSR count). The van der Waals surface area contributed by atoms with Gasteiger partial charge in [0.1, 0.15) is 11.9 Å². The van der Waals surface area contributed by atoms with Crippen LogP contribution < -0.4 is 10.5 Å². The fourth-order valence-electron chi connectivity index (χ4n) is 2.26. The average Bonchev–Trinajstić information content (AvgIpc) is 2.28. The van der Waals surface area contributed by atoms with E-state index in [1.807, 2.05) is 0 Å². The molecule has 0 saturated heterocycles. The second-order valence-corrected chi connectivity index (χ2v) is 4.93. The highest BCUT2D eigenvalue weighted by molar-refractivity contribution is 5.40. The predicted octanol–water partition coefficient (Wildman–Crippen LogP) is 3.19. The van der Waals surface area contributed by atoms with Gasteiger partial charge in [0.05, 0.1) is 0 Å².